The molecule has 0 saturated carbocycles. The van der Waals surface area contributed by atoms with E-state index in [1.54, 1.807) is 17.7 Å². The van der Waals surface area contributed by atoms with E-state index < -0.39 is 0 Å². The first-order valence-electron chi connectivity index (χ1n) is 3.56. The Morgan fingerprint density at radius 1 is 1.58 bits per heavy atom. The van der Waals surface area contributed by atoms with Crippen LogP contribution in [0, 0.1) is 0 Å². The summed E-state index contributed by atoms with van der Waals surface area (Å²) in [6.07, 6.45) is 1.85. The van der Waals surface area contributed by atoms with Crippen LogP contribution < -0.4 is 5.56 Å². The summed E-state index contributed by atoms with van der Waals surface area (Å²) < 4.78 is 6.69. The van der Waals surface area contributed by atoms with Crippen LogP contribution in [0.4, 0.5) is 0 Å². The van der Waals surface area contributed by atoms with Gasteiger partial charge in [-0.25, -0.2) is 0 Å². The maximum absolute atomic E-state index is 11.1. The first kappa shape index (κ1) is 9.35. The zero-order valence-electron chi connectivity index (χ0n) is 7.11. The van der Waals surface area contributed by atoms with Crippen molar-refractivity contribution < 1.29 is 4.18 Å². The summed E-state index contributed by atoms with van der Waals surface area (Å²) in [6, 6.07) is 5.14. The quantitative estimate of drug-likeness (QED) is 0.663. The third kappa shape index (κ3) is 2.12. The number of hydrogen-bond acceptors (Lipinski definition) is 3. The predicted molar refractivity (Wildman–Crippen MR) is 50.0 cm³/mol. The molecule has 0 aliphatic heterocycles. The fourth-order valence-electron chi connectivity index (χ4n) is 0.871. The highest BCUT2D eigenvalue weighted by molar-refractivity contribution is 7.93. The van der Waals surface area contributed by atoms with Gasteiger partial charge in [-0.15, -0.1) is 0 Å². The molecule has 0 aliphatic rings. The molecule has 0 atom stereocenters. The zero-order valence-corrected chi connectivity index (χ0v) is 7.93. The van der Waals surface area contributed by atoms with Gasteiger partial charge in [0.2, 0.25) is 0 Å². The molecule has 0 spiro atoms. The lowest BCUT2D eigenvalue weighted by Crippen LogP contribution is -2.18. The Kier molecular flexibility index (Phi) is 3.37. The van der Waals surface area contributed by atoms with Crippen LogP contribution in [-0.4, -0.2) is 10.8 Å². The van der Waals surface area contributed by atoms with E-state index in [-0.39, 0.29) is 5.56 Å². The van der Waals surface area contributed by atoms with Gasteiger partial charge in [-0.05, 0) is 18.1 Å². The minimum atomic E-state index is -0.00259. The maximum atomic E-state index is 11.1. The third-order valence-corrected chi connectivity index (χ3v) is 1.97. The average Bonchev–Trinajstić information content (AvgIpc) is 2.08. The van der Waals surface area contributed by atoms with Gasteiger partial charge in [-0.1, -0.05) is 6.07 Å². The predicted octanol–water partition coefficient (Wildman–Crippen LogP) is 1.18. The number of rotatable bonds is 3. The molecule has 1 heterocycles. The van der Waals surface area contributed by atoms with Crippen LogP contribution >= 0.6 is 12.0 Å². The lowest BCUT2D eigenvalue weighted by molar-refractivity contribution is 0.351. The maximum Gasteiger partial charge on any atom is 0.250 e. The molecule has 0 unspecified atom stereocenters. The van der Waals surface area contributed by atoms with Gasteiger partial charge in [0, 0.05) is 25.1 Å². The topological polar surface area (TPSA) is 31.2 Å². The summed E-state index contributed by atoms with van der Waals surface area (Å²) in [5, 5.41) is 0. The van der Waals surface area contributed by atoms with Crippen molar-refractivity contribution in [2.45, 2.75) is 6.61 Å². The van der Waals surface area contributed by atoms with Crippen LogP contribution in [0.1, 0.15) is 5.69 Å². The number of aromatic nitrogens is 1. The smallest absolute Gasteiger partial charge is 0.250 e. The summed E-state index contributed by atoms with van der Waals surface area (Å²) in [4.78, 5) is 11.1. The second-order valence-electron chi connectivity index (χ2n) is 2.34. The van der Waals surface area contributed by atoms with Crippen molar-refractivity contribution >= 4 is 12.0 Å². The molecule has 66 valence electrons. The molecule has 1 aromatic heterocycles. The van der Waals surface area contributed by atoms with Gasteiger partial charge >= 0.3 is 0 Å². The van der Waals surface area contributed by atoms with Crippen molar-refractivity contribution in [2.24, 2.45) is 7.05 Å². The molecule has 0 N–H and O–H groups in total. The summed E-state index contributed by atoms with van der Waals surface area (Å²) >= 11 is 1.30. The van der Waals surface area contributed by atoms with E-state index in [4.69, 9.17) is 4.18 Å². The van der Waals surface area contributed by atoms with Crippen LogP contribution in [0.2, 0.25) is 0 Å². The Morgan fingerprint density at radius 3 is 3.00 bits per heavy atom. The molecule has 0 aliphatic carbocycles. The molecular weight excluding hydrogens is 174 g/mol. The second kappa shape index (κ2) is 4.33. The van der Waals surface area contributed by atoms with E-state index in [1.807, 2.05) is 12.3 Å². The van der Waals surface area contributed by atoms with Crippen LogP contribution in [0.3, 0.4) is 0 Å². The van der Waals surface area contributed by atoms with E-state index in [0.29, 0.717) is 6.61 Å². The van der Waals surface area contributed by atoms with E-state index in [1.165, 1.54) is 18.1 Å². The molecule has 4 heteroatoms. The monoisotopic (exact) mass is 185 g/mol. The molecule has 0 aromatic carbocycles. The van der Waals surface area contributed by atoms with Crippen molar-refractivity contribution in [3.05, 3.63) is 34.2 Å². The molecule has 3 nitrogen and oxygen atoms in total. The fourth-order valence-corrected chi connectivity index (χ4v) is 1.11. The fraction of sp³-hybridized carbons (Fsp3) is 0.375. The Labute approximate surface area is 75.6 Å². The standard InChI is InChI=1S/C8H11NO2S/c1-9-7(6-11-12-2)4-3-5-8(9)10/h3-5H,6H2,1-2H3. The molecular formula is C8H11NO2S. The summed E-state index contributed by atoms with van der Waals surface area (Å²) in [5.41, 5.74) is 0.883. The average molecular weight is 185 g/mol. The van der Waals surface area contributed by atoms with Gasteiger partial charge in [0.25, 0.3) is 5.56 Å². The van der Waals surface area contributed by atoms with Crippen LogP contribution in [0.25, 0.3) is 0 Å². The highest BCUT2D eigenvalue weighted by Crippen LogP contribution is 2.03. The van der Waals surface area contributed by atoms with Crippen molar-refractivity contribution in [2.75, 3.05) is 6.26 Å². The molecule has 0 bridgehead atoms. The number of pyridine rings is 1. The number of nitrogens with zero attached hydrogens (tertiary/aromatic N) is 1. The lowest BCUT2D eigenvalue weighted by Gasteiger charge is -2.05. The van der Waals surface area contributed by atoms with E-state index >= 15 is 0 Å². The third-order valence-electron chi connectivity index (χ3n) is 1.61. The highest BCUT2D eigenvalue weighted by Gasteiger charge is 1.97. The first-order valence-corrected chi connectivity index (χ1v) is 4.71. The van der Waals surface area contributed by atoms with Crippen LogP contribution in [-0.2, 0) is 17.8 Å². The molecule has 1 rings (SSSR count). The summed E-state index contributed by atoms with van der Waals surface area (Å²) in [6.45, 7) is 0.466. The zero-order chi connectivity index (χ0) is 8.97. The number of hydrogen-bond donors (Lipinski definition) is 0. The largest absolute Gasteiger partial charge is 0.313 e. The molecule has 12 heavy (non-hydrogen) atoms. The first-order chi connectivity index (χ1) is 5.75. The van der Waals surface area contributed by atoms with E-state index in [9.17, 15) is 4.79 Å². The Bertz CT molecular complexity index is 308. The Hall–Kier alpha value is -0.740. The van der Waals surface area contributed by atoms with Crippen LogP contribution in [0.15, 0.2) is 23.0 Å². The van der Waals surface area contributed by atoms with Gasteiger partial charge in [0.1, 0.15) is 6.61 Å². The minimum absolute atomic E-state index is 0.00259. The van der Waals surface area contributed by atoms with Crippen molar-refractivity contribution in [3.63, 3.8) is 0 Å². The molecule has 1 aromatic rings. The van der Waals surface area contributed by atoms with E-state index in [2.05, 4.69) is 0 Å². The van der Waals surface area contributed by atoms with Gasteiger partial charge in [-0.3, -0.25) is 4.79 Å². The van der Waals surface area contributed by atoms with Crippen LogP contribution in [0.5, 0.6) is 0 Å². The lowest BCUT2D eigenvalue weighted by atomic mass is 10.3. The van der Waals surface area contributed by atoms with Crippen molar-refractivity contribution in [1.29, 1.82) is 0 Å². The molecule has 0 amide bonds. The summed E-state index contributed by atoms with van der Waals surface area (Å²) in [5.74, 6) is 0. The van der Waals surface area contributed by atoms with Gasteiger partial charge < -0.3 is 8.75 Å². The highest BCUT2D eigenvalue weighted by atomic mass is 32.2. The second-order valence-corrected chi connectivity index (χ2v) is 2.91. The molecule has 0 radical (unpaired) electrons. The normalized spacial score (nSPS) is 10.2. The van der Waals surface area contributed by atoms with Gasteiger partial charge in [-0.2, -0.15) is 0 Å². The Balaban J connectivity index is 2.85. The van der Waals surface area contributed by atoms with Gasteiger partial charge in [0.05, 0.1) is 0 Å². The molecule has 0 saturated heterocycles. The van der Waals surface area contributed by atoms with E-state index in [0.717, 1.165) is 5.69 Å². The van der Waals surface area contributed by atoms with Gasteiger partial charge in [0.15, 0.2) is 0 Å². The minimum Gasteiger partial charge on any atom is -0.313 e. The summed E-state index contributed by atoms with van der Waals surface area (Å²) in [7, 11) is 1.74. The van der Waals surface area contributed by atoms with Crippen molar-refractivity contribution in [1.82, 2.24) is 4.57 Å². The Morgan fingerprint density at radius 2 is 2.33 bits per heavy atom. The van der Waals surface area contributed by atoms with Crippen molar-refractivity contribution in [3.8, 4) is 0 Å². The molecule has 0 fully saturated rings. The SMILES string of the molecule is CSOCc1cccc(=O)n1C.